The van der Waals surface area contributed by atoms with Gasteiger partial charge in [0.25, 0.3) is 0 Å². The summed E-state index contributed by atoms with van der Waals surface area (Å²) >= 11 is 15.7. The zero-order valence-electron chi connectivity index (χ0n) is 17.1. The van der Waals surface area contributed by atoms with Crippen molar-refractivity contribution in [1.29, 1.82) is 0 Å². The number of nitrogens with zero attached hydrogens (tertiary/aromatic N) is 1. The molecule has 1 N–H and O–H groups in total. The van der Waals surface area contributed by atoms with E-state index in [4.69, 9.17) is 37.4 Å². The highest BCUT2D eigenvalue weighted by Crippen LogP contribution is 2.34. The Morgan fingerprint density at radius 2 is 1.83 bits per heavy atom. The van der Waals surface area contributed by atoms with E-state index in [0.717, 1.165) is 67.3 Å². The molecule has 30 heavy (non-hydrogen) atoms. The van der Waals surface area contributed by atoms with Gasteiger partial charge < -0.3 is 19.5 Å². The van der Waals surface area contributed by atoms with Crippen molar-refractivity contribution in [2.75, 3.05) is 46.0 Å². The van der Waals surface area contributed by atoms with Gasteiger partial charge in [0.15, 0.2) is 11.5 Å². The van der Waals surface area contributed by atoms with Crippen LogP contribution in [0.15, 0.2) is 34.8 Å². The molecule has 164 valence electrons. The van der Waals surface area contributed by atoms with Crippen LogP contribution in [0.4, 0.5) is 0 Å². The molecule has 1 aliphatic rings. The molecule has 1 saturated heterocycles. The Labute approximate surface area is 196 Å². The van der Waals surface area contributed by atoms with Gasteiger partial charge in [-0.2, -0.15) is 0 Å². The van der Waals surface area contributed by atoms with Crippen LogP contribution in [0.1, 0.15) is 18.1 Å². The van der Waals surface area contributed by atoms with Crippen LogP contribution in [0.3, 0.4) is 0 Å². The molecule has 0 atom stereocenters. The molecule has 8 heteroatoms. The fraction of sp³-hybridized carbons (Fsp3) is 0.455. The highest BCUT2D eigenvalue weighted by Gasteiger charge is 2.13. The van der Waals surface area contributed by atoms with Crippen LogP contribution in [0, 0.1) is 0 Å². The molecule has 2 aromatic carbocycles. The summed E-state index contributed by atoms with van der Waals surface area (Å²) in [7, 11) is 0. The lowest BCUT2D eigenvalue weighted by Gasteiger charge is -2.26. The maximum Gasteiger partial charge on any atom is 0.162 e. The molecule has 5 nitrogen and oxygen atoms in total. The Morgan fingerprint density at radius 3 is 2.57 bits per heavy atom. The van der Waals surface area contributed by atoms with E-state index in [1.165, 1.54) is 0 Å². The van der Waals surface area contributed by atoms with Crippen LogP contribution < -0.4 is 14.8 Å². The van der Waals surface area contributed by atoms with Gasteiger partial charge in [0, 0.05) is 37.2 Å². The molecule has 0 spiro atoms. The number of rotatable bonds is 10. The lowest BCUT2D eigenvalue weighted by Crippen LogP contribution is -2.40. The summed E-state index contributed by atoms with van der Waals surface area (Å²) in [5.74, 6) is 1.41. The van der Waals surface area contributed by atoms with Crippen LogP contribution in [0.2, 0.25) is 10.0 Å². The third-order valence-corrected chi connectivity index (χ3v) is 6.29. The fourth-order valence-corrected chi connectivity index (χ4v) is 3.95. The molecule has 0 amide bonds. The van der Waals surface area contributed by atoms with Crippen molar-refractivity contribution >= 4 is 39.1 Å². The summed E-state index contributed by atoms with van der Waals surface area (Å²) in [6.45, 7) is 9.25. The van der Waals surface area contributed by atoms with E-state index in [-0.39, 0.29) is 0 Å². The summed E-state index contributed by atoms with van der Waals surface area (Å²) in [5, 5.41) is 4.56. The average Bonchev–Trinajstić information content (AvgIpc) is 2.75. The maximum absolute atomic E-state index is 6.10. The smallest absolute Gasteiger partial charge is 0.162 e. The number of benzene rings is 2. The first-order chi connectivity index (χ1) is 14.6. The van der Waals surface area contributed by atoms with Gasteiger partial charge in [-0.25, -0.2) is 0 Å². The number of nitrogens with one attached hydrogen (secondary N) is 1. The van der Waals surface area contributed by atoms with Crippen LogP contribution in [-0.4, -0.2) is 50.9 Å². The van der Waals surface area contributed by atoms with Crippen molar-refractivity contribution in [3.05, 3.63) is 56.0 Å². The van der Waals surface area contributed by atoms with E-state index in [1.807, 2.05) is 31.2 Å². The van der Waals surface area contributed by atoms with Crippen LogP contribution >= 0.6 is 39.1 Å². The predicted octanol–water partition coefficient (Wildman–Crippen LogP) is 5.16. The van der Waals surface area contributed by atoms with Crippen LogP contribution in [0.25, 0.3) is 0 Å². The number of hydrogen-bond donors (Lipinski definition) is 1. The standard InChI is InChI=1S/C22H27BrCl2N2O3/c1-2-29-21-12-17(14-26-5-6-27-7-9-28-10-8-27)18(23)13-22(21)30-15-16-3-4-19(24)20(25)11-16/h3-4,11-13,26H,2,5-10,14-15H2,1H3. The molecule has 0 aromatic heterocycles. The van der Waals surface area contributed by atoms with Crippen LogP contribution in [0.5, 0.6) is 11.5 Å². The van der Waals surface area contributed by atoms with Crippen molar-refractivity contribution in [3.63, 3.8) is 0 Å². The minimum absolute atomic E-state index is 0.376. The van der Waals surface area contributed by atoms with Crippen molar-refractivity contribution in [3.8, 4) is 11.5 Å². The van der Waals surface area contributed by atoms with Gasteiger partial charge in [-0.15, -0.1) is 0 Å². The van der Waals surface area contributed by atoms with Crippen molar-refractivity contribution in [2.45, 2.75) is 20.1 Å². The maximum atomic E-state index is 6.10. The van der Waals surface area contributed by atoms with Crippen LogP contribution in [-0.2, 0) is 17.9 Å². The Morgan fingerprint density at radius 1 is 1.07 bits per heavy atom. The van der Waals surface area contributed by atoms with E-state index in [0.29, 0.717) is 29.0 Å². The molecular formula is C22H27BrCl2N2O3. The van der Waals surface area contributed by atoms with Crippen molar-refractivity contribution in [2.24, 2.45) is 0 Å². The minimum Gasteiger partial charge on any atom is -0.490 e. The normalized spacial score (nSPS) is 14.7. The zero-order chi connectivity index (χ0) is 21.3. The topological polar surface area (TPSA) is 43.0 Å². The van der Waals surface area contributed by atoms with Gasteiger partial charge in [0.2, 0.25) is 0 Å². The second-order valence-corrected chi connectivity index (χ2v) is 8.66. The largest absolute Gasteiger partial charge is 0.490 e. The summed E-state index contributed by atoms with van der Waals surface area (Å²) in [6.07, 6.45) is 0. The fourth-order valence-electron chi connectivity index (χ4n) is 3.17. The van der Waals surface area contributed by atoms with Gasteiger partial charge in [-0.3, -0.25) is 4.90 Å². The van der Waals surface area contributed by atoms with E-state index >= 15 is 0 Å². The molecule has 0 saturated carbocycles. The first-order valence-corrected chi connectivity index (χ1v) is 11.6. The molecule has 0 radical (unpaired) electrons. The molecule has 3 rings (SSSR count). The highest BCUT2D eigenvalue weighted by molar-refractivity contribution is 9.10. The number of halogens is 3. The van der Waals surface area contributed by atoms with Gasteiger partial charge in [0.05, 0.1) is 29.9 Å². The molecular weight excluding hydrogens is 491 g/mol. The number of hydrogen-bond acceptors (Lipinski definition) is 5. The molecule has 0 bridgehead atoms. The summed E-state index contributed by atoms with van der Waals surface area (Å²) < 4.78 is 18.2. The minimum atomic E-state index is 0.376. The Balaban J connectivity index is 1.58. The van der Waals surface area contributed by atoms with Gasteiger partial charge >= 0.3 is 0 Å². The molecule has 0 unspecified atom stereocenters. The Kier molecular flexibility index (Phi) is 9.56. The third kappa shape index (κ3) is 7.01. The molecule has 1 aliphatic heterocycles. The summed E-state index contributed by atoms with van der Waals surface area (Å²) in [5.41, 5.74) is 2.07. The molecule has 2 aromatic rings. The van der Waals surface area contributed by atoms with E-state index < -0.39 is 0 Å². The lowest BCUT2D eigenvalue weighted by molar-refractivity contribution is 0.0384. The first-order valence-electron chi connectivity index (χ1n) is 10.1. The second kappa shape index (κ2) is 12.1. The van der Waals surface area contributed by atoms with Gasteiger partial charge in [-0.1, -0.05) is 45.2 Å². The Hall–Kier alpha value is -1.02. The average molecular weight is 518 g/mol. The predicted molar refractivity (Wildman–Crippen MR) is 125 cm³/mol. The quantitative estimate of drug-likeness (QED) is 0.441. The summed E-state index contributed by atoms with van der Waals surface area (Å²) in [4.78, 5) is 2.41. The molecule has 0 aliphatic carbocycles. The van der Waals surface area contributed by atoms with Gasteiger partial charge in [-0.05, 0) is 42.3 Å². The lowest BCUT2D eigenvalue weighted by atomic mass is 10.2. The van der Waals surface area contributed by atoms with E-state index in [9.17, 15) is 0 Å². The third-order valence-electron chi connectivity index (χ3n) is 4.81. The monoisotopic (exact) mass is 516 g/mol. The first kappa shape index (κ1) is 23.6. The molecule has 1 heterocycles. The van der Waals surface area contributed by atoms with E-state index in [2.05, 4.69) is 26.1 Å². The zero-order valence-corrected chi connectivity index (χ0v) is 20.2. The number of ether oxygens (including phenoxy) is 3. The SMILES string of the molecule is CCOc1cc(CNCCN2CCOCC2)c(Br)cc1OCc1ccc(Cl)c(Cl)c1. The molecule has 1 fully saturated rings. The highest BCUT2D eigenvalue weighted by atomic mass is 79.9. The van der Waals surface area contributed by atoms with Crippen molar-refractivity contribution in [1.82, 2.24) is 10.2 Å². The summed E-state index contributed by atoms with van der Waals surface area (Å²) in [6, 6.07) is 9.47. The second-order valence-electron chi connectivity index (χ2n) is 6.99. The van der Waals surface area contributed by atoms with Crippen molar-refractivity contribution < 1.29 is 14.2 Å². The Bertz CT molecular complexity index is 832. The van der Waals surface area contributed by atoms with Gasteiger partial charge in [0.1, 0.15) is 6.61 Å². The van der Waals surface area contributed by atoms with E-state index in [1.54, 1.807) is 6.07 Å². The number of morpholine rings is 1.